The Morgan fingerprint density at radius 1 is 1.11 bits per heavy atom. The lowest BCUT2D eigenvalue weighted by atomic mass is 10.0. The molecule has 194 valence electrons. The molecule has 4 aromatic rings. The van der Waals surface area contributed by atoms with Gasteiger partial charge < -0.3 is 14.9 Å². The number of carbonyl (C=O) groups is 1. The van der Waals surface area contributed by atoms with E-state index in [0.29, 0.717) is 43.8 Å². The molecule has 1 aliphatic heterocycles. The van der Waals surface area contributed by atoms with E-state index >= 15 is 0 Å². The van der Waals surface area contributed by atoms with E-state index in [1.807, 2.05) is 48.6 Å². The number of anilines is 1. The van der Waals surface area contributed by atoms with Crippen molar-refractivity contribution < 1.29 is 9.90 Å². The fourth-order valence-corrected chi connectivity index (χ4v) is 4.74. The number of piperazine rings is 1. The average molecular weight is 511 g/mol. The molecule has 0 bridgehead atoms. The van der Waals surface area contributed by atoms with Gasteiger partial charge in [-0.05, 0) is 25.1 Å². The molecule has 10 heteroatoms. The summed E-state index contributed by atoms with van der Waals surface area (Å²) in [5.74, 6) is 0.775. The van der Waals surface area contributed by atoms with Gasteiger partial charge in [-0.2, -0.15) is 15.5 Å². The summed E-state index contributed by atoms with van der Waals surface area (Å²) in [6, 6.07) is 8.24. The molecule has 2 atom stereocenters. The van der Waals surface area contributed by atoms with E-state index in [9.17, 15) is 15.2 Å². The monoisotopic (exact) mass is 510 g/mol. The van der Waals surface area contributed by atoms with Crippen LogP contribution in [-0.2, 0) is 11.3 Å². The number of fused-ring (bicyclic) bond motifs is 1. The van der Waals surface area contributed by atoms with Gasteiger partial charge in [0.05, 0.1) is 42.0 Å². The molecule has 4 aromatic heterocycles. The van der Waals surface area contributed by atoms with Crippen LogP contribution in [0.1, 0.15) is 19.4 Å². The van der Waals surface area contributed by atoms with E-state index in [1.54, 1.807) is 34.6 Å². The Morgan fingerprint density at radius 2 is 1.89 bits per heavy atom. The van der Waals surface area contributed by atoms with E-state index in [1.165, 1.54) is 0 Å². The van der Waals surface area contributed by atoms with Crippen molar-refractivity contribution in [1.82, 2.24) is 29.3 Å². The van der Waals surface area contributed by atoms with E-state index in [2.05, 4.69) is 27.7 Å². The molecule has 5 heterocycles. The lowest BCUT2D eigenvalue weighted by Gasteiger charge is -2.36. The van der Waals surface area contributed by atoms with Gasteiger partial charge in [-0.15, -0.1) is 6.58 Å². The van der Waals surface area contributed by atoms with Crippen molar-refractivity contribution in [2.45, 2.75) is 26.5 Å². The van der Waals surface area contributed by atoms with Gasteiger partial charge in [0.25, 0.3) is 0 Å². The predicted molar refractivity (Wildman–Crippen MR) is 144 cm³/mol. The first-order chi connectivity index (χ1) is 18.4. The van der Waals surface area contributed by atoms with Crippen LogP contribution in [0.15, 0.2) is 61.8 Å². The topological polar surface area (TPSA) is 116 Å². The molecule has 0 spiro atoms. The Morgan fingerprint density at radius 3 is 2.55 bits per heavy atom. The van der Waals surface area contributed by atoms with Crippen molar-refractivity contribution in [3.05, 3.63) is 67.4 Å². The SMILES string of the molecule is C=CC(C)C(=O)N1CCN(c2ccc(-c3cc(-c4cnn(CC(C)O)c4)cn4ncc(C#N)c34)cn2)CC1. The van der Waals surface area contributed by atoms with E-state index < -0.39 is 6.10 Å². The Balaban J connectivity index is 1.42. The van der Waals surface area contributed by atoms with E-state index in [-0.39, 0.29) is 11.8 Å². The Kier molecular flexibility index (Phi) is 6.94. The number of carbonyl (C=O) groups excluding carboxylic acids is 1. The molecule has 38 heavy (non-hydrogen) atoms. The number of aromatic nitrogens is 5. The molecule has 0 radical (unpaired) electrons. The van der Waals surface area contributed by atoms with Gasteiger partial charge in [0.2, 0.25) is 5.91 Å². The second-order valence-electron chi connectivity index (χ2n) is 9.65. The Bertz CT molecular complexity index is 1500. The van der Waals surface area contributed by atoms with Crippen LogP contribution in [0.3, 0.4) is 0 Å². The van der Waals surface area contributed by atoms with Crippen LogP contribution in [0.5, 0.6) is 0 Å². The predicted octanol–water partition coefficient (Wildman–Crippen LogP) is 2.98. The maximum Gasteiger partial charge on any atom is 0.229 e. The average Bonchev–Trinajstić information content (AvgIpc) is 3.58. The normalized spacial score (nSPS) is 15.3. The molecule has 0 saturated carbocycles. The molecule has 1 fully saturated rings. The minimum Gasteiger partial charge on any atom is -0.391 e. The van der Waals surface area contributed by atoms with E-state index in [4.69, 9.17) is 4.98 Å². The van der Waals surface area contributed by atoms with Gasteiger partial charge in [0.1, 0.15) is 11.9 Å². The highest BCUT2D eigenvalue weighted by Crippen LogP contribution is 2.32. The second-order valence-corrected chi connectivity index (χ2v) is 9.65. The summed E-state index contributed by atoms with van der Waals surface area (Å²) in [5, 5.41) is 28.2. The highest BCUT2D eigenvalue weighted by atomic mass is 16.3. The third kappa shape index (κ3) is 4.88. The number of nitriles is 1. The molecule has 1 N–H and O–H groups in total. The summed E-state index contributed by atoms with van der Waals surface area (Å²) < 4.78 is 3.42. The van der Waals surface area contributed by atoms with Crippen LogP contribution >= 0.6 is 0 Å². The minimum absolute atomic E-state index is 0.109. The maximum absolute atomic E-state index is 12.5. The number of aliphatic hydroxyl groups is 1. The summed E-state index contributed by atoms with van der Waals surface area (Å²) in [7, 11) is 0. The van der Waals surface area contributed by atoms with Crippen molar-refractivity contribution in [3.63, 3.8) is 0 Å². The zero-order valence-electron chi connectivity index (χ0n) is 21.5. The highest BCUT2D eigenvalue weighted by Gasteiger charge is 2.24. The van der Waals surface area contributed by atoms with Gasteiger partial charge in [0.15, 0.2) is 0 Å². The lowest BCUT2D eigenvalue weighted by molar-refractivity contribution is -0.133. The van der Waals surface area contributed by atoms with E-state index in [0.717, 1.165) is 28.1 Å². The fraction of sp³-hybridized carbons (Fsp3) is 0.321. The molecule has 0 aliphatic carbocycles. The van der Waals surface area contributed by atoms with Gasteiger partial charge >= 0.3 is 0 Å². The van der Waals surface area contributed by atoms with Gasteiger partial charge in [-0.25, -0.2) is 9.50 Å². The summed E-state index contributed by atoms with van der Waals surface area (Å²) in [6.45, 7) is 10.4. The first-order valence-corrected chi connectivity index (χ1v) is 12.6. The third-order valence-corrected chi connectivity index (χ3v) is 6.87. The zero-order valence-corrected chi connectivity index (χ0v) is 21.5. The van der Waals surface area contributed by atoms with Gasteiger partial charge in [-0.1, -0.05) is 13.0 Å². The van der Waals surface area contributed by atoms with Crippen LogP contribution in [0, 0.1) is 17.2 Å². The van der Waals surface area contributed by atoms with Crippen molar-refractivity contribution in [3.8, 4) is 28.3 Å². The van der Waals surface area contributed by atoms with Crippen molar-refractivity contribution in [1.29, 1.82) is 5.26 Å². The van der Waals surface area contributed by atoms with Crippen LogP contribution in [0.25, 0.3) is 27.8 Å². The molecule has 1 amide bonds. The second kappa shape index (κ2) is 10.5. The van der Waals surface area contributed by atoms with Crippen molar-refractivity contribution >= 4 is 17.2 Å². The molecule has 1 aliphatic rings. The van der Waals surface area contributed by atoms with Crippen LogP contribution in [-0.4, -0.2) is 72.6 Å². The van der Waals surface area contributed by atoms with Crippen molar-refractivity contribution in [2.24, 2.45) is 5.92 Å². The smallest absolute Gasteiger partial charge is 0.229 e. The molecule has 5 rings (SSSR count). The molecule has 10 nitrogen and oxygen atoms in total. The molecular formula is C28H30N8O2. The van der Waals surface area contributed by atoms with Crippen molar-refractivity contribution in [2.75, 3.05) is 31.1 Å². The fourth-order valence-electron chi connectivity index (χ4n) is 4.74. The zero-order chi connectivity index (χ0) is 26.8. The first kappa shape index (κ1) is 25.2. The van der Waals surface area contributed by atoms with Gasteiger partial charge in [0, 0.05) is 67.0 Å². The van der Waals surface area contributed by atoms with Gasteiger partial charge in [-0.3, -0.25) is 9.48 Å². The molecular weight excluding hydrogens is 480 g/mol. The van der Waals surface area contributed by atoms with Crippen LogP contribution < -0.4 is 4.90 Å². The standard InChI is InChI=1S/C28H30N8O2/c1-4-19(2)28(38)34-9-7-33(8-10-34)26-6-5-21(13-30-26)25-11-22(18-36-27(25)23(12-29)14-32-36)24-15-31-35(17-24)16-20(3)37/h4-6,11,13-15,17-20,37H,1,7-10,16H2,2-3H3. The highest BCUT2D eigenvalue weighted by molar-refractivity contribution is 5.87. The number of hydrogen-bond acceptors (Lipinski definition) is 7. The number of rotatable bonds is 7. The number of nitrogens with zero attached hydrogens (tertiary/aromatic N) is 8. The number of amides is 1. The largest absolute Gasteiger partial charge is 0.391 e. The van der Waals surface area contributed by atoms with Crippen LogP contribution in [0.2, 0.25) is 0 Å². The molecule has 0 aromatic carbocycles. The summed E-state index contributed by atoms with van der Waals surface area (Å²) in [6.07, 6.45) is 10.1. The quantitative estimate of drug-likeness (QED) is 0.380. The minimum atomic E-state index is -0.506. The third-order valence-electron chi connectivity index (χ3n) is 6.87. The lowest BCUT2D eigenvalue weighted by Crippen LogP contribution is -2.50. The molecule has 2 unspecified atom stereocenters. The number of pyridine rings is 2. The maximum atomic E-state index is 12.5. The summed E-state index contributed by atoms with van der Waals surface area (Å²) in [5.41, 5.74) is 4.66. The summed E-state index contributed by atoms with van der Waals surface area (Å²) >= 11 is 0. The molecule has 1 saturated heterocycles. The Labute approximate surface area is 221 Å². The number of hydrogen-bond donors (Lipinski definition) is 1. The first-order valence-electron chi connectivity index (χ1n) is 12.6. The Hall–Kier alpha value is -4.49. The number of aliphatic hydroxyl groups excluding tert-OH is 1. The summed E-state index contributed by atoms with van der Waals surface area (Å²) in [4.78, 5) is 21.3. The van der Waals surface area contributed by atoms with Crippen LogP contribution in [0.4, 0.5) is 5.82 Å².